The first-order valence-corrected chi connectivity index (χ1v) is 9.59. The molecule has 1 unspecified atom stereocenters. The molecule has 0 spiro atoms. The van der Waals surface area contributed by atoms with E-state index in [1.165, 1.54) is 0 Å². The lowest BCUT2D eigenvalue weighted by atomic mass is 10.1. The van der Waals surface area contributed by atoms with Crippen LogP contribution in [0.5, 0.6) is 11.5 Å². The maximum atomic E-state index is 12.7. The van der Waals surface area contributed by atoms with Gasteiger partial charge in [0.05, 0.1) is 12.5 Å². The fourth-order valence-electron chi connectivity index (χ4n) is 3.61. The Kier molecular flexibility index (Phi) is 4.55. The Morgan fingerprint density at radius 2 is 1.97 bits per heavy atom. The zero-order valence-electron chi connectivity index (χ0n) is 16.0. The van der Waals surface area contributed by atoms with Crippen LogP contribution in [0.4, 0.5) is 11.5 Å². The lowest BCUT2D eigenvalue weighted by Crippen LogP contribution is -2.28. The average Bonchev–Trinajstić information content (AvgIpc) is 3.48. The van der Waals surface area contributed by atoms with Gasteiger partial charge < -0.3 is 19.7 Å². The van der Waals surface area contributed by atoms with Crippen molar-refractivity contribution in [2.45, 2.75) is 13.0 Å². The maximum absolute atomic E-state index is 12.7. The molecule has 2 aliphatic rings. The van der Waals surface area contributed by atoms with Gasteiger partial charge in [0.1, 0.15) is 0 Å². The number of hydrogen-bond donors (Lipinski definition) is 1. The van der Waals surface area contributed by atoms with Gasteiger partial charge in [0.15, 0.2) is 17.3 Å². The molecule has 2 amide bonds. The molecule has 1 fully saturated rings. The molecule has 152 valence electrons. The molecular formula is C21H19N5O4. The second kappa shape index (κ2) is 7.51. The van der Waals surface area contributed by atoms with Crippen LogP contribution in [-0.4, -0.2) is 39.9 Å². The second-order valence-electron chi connectivity index (χ2n) is 7.19. The highest BCUT2D eigenvalue weighted by atomic mass is 16.7. The minimum Gasteiger partial charge on any atom is -0.454 e. The highest BCUT2D eigenvalue weighted by Crippen LogP contribution is 2.37. The van der Waals surface area contributed by atoms with Crippen molar-refractivity contribution < 1.29 is 19.1 Å². The zero-order valence-corrected chi connectivity index (χ0v) is 16.0. The quantitative estimate of drug-likeness (QED) is 0.698. The fraction of sp³-hybridized carbons (Fsp3) is 0.238. The van der Waals surface area contributed by atoms with E-state index in [0.29, 0.717) is 36.1 Å². The van der Waals surface area contributed by atoms with Crippen molar-refractivity contribution in [2.24, 2.45) is 5.92 Å². The maximum Gasteiger partial charge on any atom is 0.231 e. The molecule has 0 aliphatic carbocycles. The highest BCUT2D eigenvalue weighted by molar-refractivity contribution is 6.03. The van der Waals surface area contributed by atoms with Crippen LogP contribution in [0.2, 0.25) is 0 Å². The van der Waals surface area contributed by atoms with Crippen LogP contribution >= 0.6 is 0 Å². The van der Waals surface area contributed by atoms with E-state index in [9.17, 15) is 9.59 Å². The predicted octanol–water partition coefficient (Wildman–Crippen LogP) is 2.05. The Hall–Kier alpha value is -3.88. The molecule has 0 bridgehead atoms. The van der Waals surface area contributed by atoms with E-state index in [0.717, 1.165) is 5.56 Å². The number of anilines is 2. The van der Waals surface area contributed by atoms with Gasteiger partial charge >= 0.3 is 0 Å². The smallest absolute Gasteiger partial charge is 0.231 e. The third-order valence-corrected chi connectivity index (χ3v) is 5.15. The van der Waals surface area contributed by atoms with Crippen molar-refractivity contribution in [3.8, 4) is 11.5 Å². The summed E-state index contributed by atoms with van der Waals surface area (Å²) in [5.74, 6) is 0.948. The zero-order chi connectivity index (χ0) is 20.5. The second-order valence-corrected chi connectivity index (χ2v) is 7.19. The van der Waals surface area contributed by atoms with Crippen LogP contribution in [-0.2, 0) is 16.1 Å². The van der Waals surface area contributed by atoms with Gasteiger partial charge in [-0.05, 0) is 29.8 Å². The molecule has 1 atom stereocenters. The number of carbonyl (C=O) groups is 2. The minimum absolute atomic E-state index is 0.0998. The fourth-order valence-corrected chi connectivity index (χ4v) is 3.61. The van der Waals surface area contributed by atoms with Crippen LogP contribution in [0, 0.1) is 5.92 Å². The number of ether oxygens (including phenoxy) is 2. The summed E-state index contributed by atoms with van der Waals surface area (Å²) in [4.78, 5) is 30.8. The third-order valence-electron chi connectivity index (χ3n) is 5.15. The van der Waals surface area contributed by atoms with E-state index < -0.39 is 5.92 Å². The van der Waals surface area contributed by atoms with Crippen molar-refractivity contribution in [3.63, 3.8) is 0 Å². The molecule has 3 aromatic rings. The molecule has 1 saturated heterocycles. The molecule has 0 saturated carbocycles. The molecule has 2 aromatic heterocycles. The van der Waals surface area contributed by atoms with Crippen molar-refractivity contribution in [2.75, 3.05) is 23.6 Å². The molecule has 5 rings (SSSR count). The van der Waals surface area contributed by atoms with Crippen molar-refractivity contribution >= 4 is 23.3 Å². The van der Waals surface area contributed by atoms with Crippen LogP contribution in [0.3, 0.4) is 0 Å². The molecule has 1 N–H and O–H groups in total. The lowest BCUT2D eigenvalue weighted by molar-refractivity contribution is -0.122. The van der Waals surface area contributed by atoms with Gasteiger partial charge in [-0.1, -0.05) is 0 Å². The number of nitrogens with zero attached hydrogens (tertiary/aromatic N) is 4. The summed E-state index contributed by atoms with van der Waals surface area (Å²) in [5, 5.41) is 7.21. The number of pyridine rings is 1. The number of aromatic nitrogens is 3. The lowest BCUT2D eigenvalue weighted by Gasteiger charge is -2.17. The number of rotatable bonds is 5. The van der Waals surface area contributed by atoms with Crippen LogP contribution in [0.25, 0.3) is 0 Å². The number of benzene rings is 1. The molecule has 9 heteroatoms. The average molecular weight is 405 g/mol. The van der Waals surface area contributed by atoms with Crippen LogP contribution in [0.1, 0.15) is 12.0 Å². The van der Waals surface area contributed by atoms with Gasteiger partial charge in [-0.3, -0.25) is 19.3 Å². The number of nitrogens with one attached hydrogen (secondary N) is 1. The Labute approximate surface area is 172 Å². The molecule has 0 radical (unpaired) electrons. The third kappa shape index (κ3) is 3.57. The summed E-state index contributed by atoms with van der Waals surface area (Å²) in [6, 6.07) is 10.9. The monoisotopic (exact) mass is 405 g/mol. The Bertz CT molecular complexity index is 1100. The minimum atomic E-state index is -0.451. The van der Waals surface area contributed by atoms with E-state index in [2.05, 4.69) is 15.4 Å². The van der Waals surface area contributed by atoms with E-state index in [1.54, 1.807) is 52.4 Å². The Morgan fingerprint density at radius 1 is 1.13 bits per heavy atom. The first-order chi connectivity index (χ1) is 14.7. The van der Waals surface area contributed by atoms with Gasteiger partial charge in [0.2, 0.25) is 18.6 Å². The predicted molar refractivity (Wildman–Crippen MR) is 107 cm³/mol. The van der Waals surface area contributed by atoms with Crippen molar-refractivity contribution in [1.29, 1.82) is 0 Å². The number of hydrogen-bond acceptors (Lipinski definition) is 6. The van der Waals surface area contributed by atoms with Gasteiger partial charge in [0, 0.05) is 49.4 Å². The normalized spacial score (nSPS) is 17.4. The van der Waals surface area contributed by atoms with Crippen molar-refractivity contribution in [3.05, 3.63) is 60.6 Å². The Morgan fingerprint density at radius 3 is 2.83 bits per heavy atom. The standard InChI is InChI=1S/C21H19N5O4/c27-20-9-15(12-26(20)16-1-2-17-18(10-16)30-13-29-17)21(28)23-19-5-8-25(24-19)11-14-3-6-22-7-4-14/h1-8,10,15H,9,11-13H2,(H,23,24,28). The molecular weight excluding hydrogens is 386 g/mol. The summed E-state index contributed by atoms with van der Waals surface area (Å²) in [6.45, 7) is 1.06. The van der Waals surface area contributed by atoms with E-state index >= 15 is 0 Å². The van der Waals surface area contributed by atoms with Crippen molar-refractivity contribution in [1.82, 2.24) is 14.8 Å². The first kappa shape index (κ1) is 18.2. The van der Waals surface area contributed by atoms with Gasteiger partial charge in [0.25, 0.3) is 0 Å². The summed E-state index contributed by atoms with van der Waals surface area (Å²) >= 11 is 0. The summed E-state index contributed by atoms with van der Waals surface area (Å²) in [7, 11) is 0. The van der Waals surface area contributed by atoms with E-state index in [4.69, 9.17) is 9.47 Å². The molecule has 2 aliphatic heterocycles. The highest BCUT2D eigenvalue weighted by Gasteiger charge is 2.36. The van der Waals surface area contributed by atoms with Crippen LogP contribution in [0.15, 0.2) is 55.0 Å². The Balaban J connectivity index is 1.22. The molecule has 30 heavy (non-hydrogen) atoms. The van der Waals surface area contributed by atoms with E-state index in [1.807, 2.05) is 12.1 Å². The summed E-state index contributed by atoms with van der Waals surface area (Å²) in [6.07, 6.45) is 5.40. The first-order valence-electron chi connectivity index (χ1n) is 9.59. The molecule has 4 heterocycles. The number of carbonyl (C=O) groups excluding carboxylic acids is 2. The van der Waals surface area contributed by atoms with Crippen LogP contribution < -0.4 is 19.7 Å². The number of amides is 2. The largest absolute Gasteiger partial charge is 0.454 e. The van der Waals surface area contributed by atoms with Gasteiger partial charge in [-0.15, -0.1) is 0 Å². The SMILES string of the molecule is O=C(Nc1ccn(Cc2ccncc2)n1)C1CC(=O)N(c2ccc3c(c2)OCO3)C1. The molecule has 9 nitrogen and oxygen atoms in total. The molecule has 1 aromatic carbocycles. The van der Waals surface area contributed by atoms with E-state index in [-0.39, 0.29) is 25.0 Å². The summed E-state index contributed by atoms with van der Waals surface area (Å²) in [5.41, 5.74) is 1.76. The number of fused-ring (bicyclic) bond motifs is 1. The van der Waals surface area contributed by atoms with Gasteiger partial charge in [-0.25, -0.2) is 0 Å². The van der Waals surface area contributed by atoms with Gasteiger partial charge in [-0.2, -0.15) is 5.10 Å². The topological polar surface area (TPSA) is 98.6 Å². The summed E-state index contributed by atoms with van der Waals surface area (Å²) < 4.78 is 12.4.